The van der Waals surface area contributed by atoms with Gasteiger partial charge in [-0.05, 0) is 24.1 Å². The maximum Gasteiger partial charge on any atom is 0.338 e. The van der Waals surface area contributed by atoms with Gasteiger partial charge in [-0.2, -0.15) is 0 Å². The first kappa shape index (κ1) is 15.0. The molecule has 2 nitrogen and oxygen atoms in total. The van der Waals surface area contributed by atoms with Crippen LogP contribution in [-0.4, -0.2) is 5.97 Å². The van der Waals surface area contributed by atoms with Gasteiger partial charge in [-0.3, -0.25) is 0 Å². The van der Waals surface area contributed by atoms with E-state index >= 15 is 0 Å². The van der Waals surface area contributed by atoms with Crippen molar-refractivity contribution in [1.82, 2.24) is 0 Å². The maximum absolute atomic E-state index is 10.8. The Morgan fingerprint density at radius 3 is 2.04 bits per heavy atom. The molecule has 0 spiro atoms. The number of carbonyl (C=O) groups excluding carboxylic acids is 1. The lowest BCUT2D eigenvalue weighted by Crippen LogP contribution is -1.91. The van der Waals surface area contributed by atoms with Crippen molar-refractivity contribution >= 4 is 5.97 Å². The van der Waals surface area contributed by atoms with Crippen LogP contribution in [0.2, 0.25) is 0 Å². The minimum absolute atomic E-state index is 0.199. The van der Waals surface area contributed by atoms with E-state index in [4.69, 9.17) is 4.74 Å². The van der Waals surface area contributed by atoms with E-state index in [-0.39, 0.29) is 5.97 Å². The molecule has 1 heterocycles. The van der Waals surface area contributed by atoms with Crippen LogP contribution in [0.4, 0.5) is 0 Å². The van der Waals surface area contributed by atoms with Crippen LogP contribution in [0, 0.1) is 6.92 Å². The third-order valence-corrected chi connectivity index (χ3v) is 3.75. The van der Waals surface area contributed by atoms with Gasteiger partial charge in [-0.25, -0.2) is 4.79 Å². The summed E-state index contributed by atoms with van der Waals surface area (Å²) in [5.74, 6) is -0.199. The molecule has 3 aromatic carbocycles. The fourth-order valence-corrected chi connectivity index (χ4v) is 2.44. The lowest BCUT2D eigenvalue weighted by molar-refractivity contribution is 0.0535. The van der Waals surface area contributed by atoms with Crippen molar-refractivity contribution < 1.29 is 9.53 Å². The highest BCUT2D eigenvalue weighted by atomic mass is 16.5. The van der Waals surface area contributed by atoms with Crippen molar-refractivity contribution in [2.45, 2.75) is 13.5 Å². The number of carbonyl (C=O) groups is 1. The van der Waals surface area contributed by atoms with Gasteiger partial charge in [0, 0.05) is 5.56 Å². The third kappa shape index (κ3) is 3.67. The lowest BCUT2D eigenvalue weighted by atomic mass is 10.0. The van der Waals surface area contributed by atoms with Gasteiger partial charge in [0.25, 0.3) is 0 Å². The van der Waals surface area contributed by atoms with Crippen molar-refractivity contribution in [1.29, 1.82) is 0 Å². The molecule has 2 heteroatoms. The minimum Gasteiger partial charge on any atom is -0.457 e. The summed E-state index contributed by atoms with van der Waals surface area (Å²) in [4.78, 5) is 10.8. The molecule has 0 saturated carbocycles. The molecule has 0 bridgehead atoms. The van der Waals surface area contributed by atoms with Crippen LogP contribution >= 0.6 is 0 Å². The van der Waals surface area contributed by atoms with Crippen molar-refractivity contribution in [3.05, 3.63) is 95.6 Å². The zero-order valence-electron chi connectivity index (χ0n) is 13.0. The lowest BCUT2D eigenvalue weighted by Gasteiger charge is -2.00. The van der Waals surface area contributed by atoms with Gasteiger partial charge in [0.05, 0.1) is 5.56 Å². The molecule has 0 aromatic heterocycles. The summed E-state index contributed by atoms with van der Waals surface area (Å²) >= 11 is 0. The average Bonchev–Trinajstić information content (AvgIpc) is 2.99. The maximum atomic E-state index is 10.8. The zero-order chi connectivity index (χ0) is 16.1. The number of aryl methyl sites for hydroxylation is 1. The quantitative estimate of drug-likeness (QED) is 0.590. The van der Waals surface area contributed by atoms with E-state index in [1.54, 1.807) is 6.07 Å². The summed E-state index contributed by atoms with van der Waals surface area (Å²) in [6.07, 6.45) is 0. The van der Waals surface area contributed by atoms with Gasteiger partial charge in [0.1, 0.15) is 6.61 Å². The van der Waals surface area contributed by atoms with Crippen molar-refractivity contribution in [3.8, 4) is 11.1 Å². The standard InChI is InChI=1S/C13H12.C8H6O2/c1-11-7-9-13(10-8-11)12-5-3-2-4-6-12;9-8-7-4-2-1-3-6(7)5-10-8/h2-10H,1H3;1-4H,5H2. The highest BCUT2D eigenvalue weighted by molar-refractivity contribution is 5.93. The van der Waals surface area contributed by atoms with Crippen LogP contribution < -0.4 is 0 Å². The molecule has 114 valence electrons. The first-order valence-electron chi connectivity index (χ1n) is 7.61. The molecule has 0 saturated heterocycles. The Bertz CT molecular complexity index is 790. The third-order valence-electron chi connectivity index (χ3n) is 3.75. The number of hydrogen-bond donors (Lipinski definition) is 0. The molecule has 4 rings (SSSR count). The second kappa shape index (κ2) is 6.93. The zero-order valence-corrected chi connectivity index (χ0v) is 13.0. The Balaban J connectivity index is 0.000000140. The molecule has 23 heavy (non-hydrogen) atoms. The summed E-state index contributed by atoms with van der Waals surface area (Å²) in [6.45, 7) is 2.55. The van der Waals surface area contributed by atoms with E-state index in [2.05, 4.69) is 55.5 Å². The number of esters is 1. The van der Waals surface area contributed by atoms with Gasteiger partial charge in [-0.1, -0.05) is 78.4 Å². The van der Waals surface area contributed by atoms with E-state index in [1.807, 2.05) is 24.3 Å². The van der Waals surface area contributed by atoms with E-state index in [0.717, 1.165) is 5.56 Å². The Morgan fingerprint density at radius 1 is 0.739 bits per heavy atom. The van der Waals surface area contributed by atoms with E-state index in [1.165, 1.54) is 16.7 Å². The van der Waals surface area contributed by atoms with Crippen LogP contribution in [-0.2, 0) is 11.3 Å². The van der Waals surface area contributed by atoms with Gasteiger partial charge < -0.3 is 4.74 Å². The second-order valence-corrected chi connectivity index (χ2v) is 5.47. The normalized spacial score (nSPS) is 12.0. The molecule has 0 N–H and O–H groups in total. The predicted molar refractivity (Wildman–Crippen MR) is 92.2 cm³/mol. The largest absolute Gasteiger partial charge is 0.457 e. The summed E-state index contributed by atoms with van der Waals surface area (Å²) in [7, 11) is 0. The summed E-state index contributed by atoms with van der Waals surface area (Å²) in [5, 5.41) is 0. The fraction of sp³-hybridized carbons (Fsp3) is 0.0952. The average molecular weight is 302 g/mol. The molecule has 0 fully saturated rings. The molecule has 0 amide bonds. The number of fused-ring (bicyclic) bond motifs is 1. The predicted octanol–water partition coefficient (Wildman–Crippen LogP) is 5.02. The van der Waals surface area contributed by atoms with Crippen molar-refractivity contribution in [2.24, 2.45) is 0 Å². The highest BCUT2D eigenvalue weighted by Gasteiger charge is 2.18. The molecular weight excluding hydrogens is 284 g/mol. The first-order valence-corrected chi connectivity index (χ1v) is 7.61. The number of hydrogen-bond acceptors (Lipinski definition) is 2. The van der Waals surface area contributed by atoms with Gasteiger partial charge >= 0.3 is 5.97 Å². The van der Waals surface area contributed by atoms with Crippen LogP contribution in [0.5, 0.6) is 0 Å². The Kier molecular flexibility index (Phi) is 4.53. The van der Waals surface area contributed by atoms with E-state index in [9.17, 15) is 4.79 Å². The van der Waals surface area contributed by atoms with Crippen LogP contribution in [0.15, 0.2) is 78.9 Å². The molecule has 0 unspecified atom stereocenters. The Hall–Kier alpha value is -2.87. The molecule has 0 atom stereocenters. The topological polar surface area (TPSA) is 26.3 Å². The summed E-state index contributed by atoms with van der Waals surface area (Å²) < 4.78 is 4.78. The van der Waals surface area contributed by atoms with Crippen molar-refractivity contribution in [3.63, 3.8) is 0 Å². The minimum atomic E-state index is -0.199. The smallest absolute Gasteiger partial charge is 0.338 e. The Morgan fingerprint density at radius 2 is 1.35 bits per heavy atom. The second-order valence-electron chi connectivity index (χ2n) is 5.47. The monoisotopic (exact) mass is 302 g/mol. The number of benzene rings is 3. The molecule has 3 aromatic rings. The molecule has 0 radical (unpaired) electrons. The number of cyclic esters (lactones) is 1. The SMILES string of the molecule is Cc1ccc(-c2ccccc2)cc1.O=C1OCc2ccccc21. The van der Waals surface area contributed by atoms with Crippen LogP contribution in [0.1, 0.15) is 21.5 Å². The van der Waals surface area contributed by atoms with Crippen LogP contribution in [0.3, 0.4) is 0 Å². The molecule has 1 aliphatic heterocycles. The van der Waals surface area contributed by atoms with Gasteiger partial charge in [-0.15, -0.1) is 0 Å². The Labute approximate surface area is 136 Å². The molecule has 1 aliphatic rings. The fourth-order valence-electron chi connectivity index (χ4n) is 2.44. The number of ether oxygens (including phenoxy) is 1. The van der Waals surface area contributed by atoms with E-state index < -0.39 is 0 Å². The molecule has 0 aliphatic carbocycles. The van der Waals surface area contributed by atoms with Crippen LogP contribution in [0.25, 0.3) is 11.1 Å². The number of rotatable bonds is 1. The van der Waals surface area contributed by atoms with Gasteiger partial charge in [0.2, 0.25) is 0 Å². The van der Waals surface area contributed by atoms with Gasteiger partial charge in [0.15, 0.2) is 0 Å². The van der Waals surface area contributed by atoms with E-state index in [0.29, 0.717) is 12.2 Å². The summed E-state index contributed by atoms with van der Waals surface area (Å²) in [6, 6.07) is 26.5. The molecular formula is C21H18O2. The highest BCUT2D eigenvalue weighted by Crippen LogP contribution is 2.19. The van der Waals surface area contributed by atoms with Crippen molar-refractivity contribution in [2.75, 3.05) is 0 Å². The first-order chi connectivity index (χ1) is 11.2. The summed E-state index contributed by atoms with van der Waals surface area (Å²) in [5.41, 5.74) is 5.57.